The van der Waals surface area contributed by atoms with Crippen LogP contribution in [0, 0.1) is 5.82 Å². The molecule has 8 heteroatoms. The average molecular weight is 388 g/mol. The maximum atomic E-state index is 13.5. The number of hydrogen-bond acceptors (Lipinski definition) is 5. The molecule has 0 aliphatic carbocycles. The lowest BCUT2D eigenvalue weighted by Crippen LogP contribution is -2.20. The van der Waals surface area contributed by atoms with E-state index in [1.165, 1.54) is 23.9 Å². The summed E-state index contributed by atoms with van der Waals surface area (Å²) in [6.07, 6.45) is 1.72. The zero-order valence-corrected chi connectivity index (χ0v) is 15.0. The lowest BCUT2D eigenvalue weighted by molar-refractivity contribution is -0.118. The Balaban J connectivity index is 1.55. The lowest BCUT2D eigenvalue weighted by atomic mass is 10.2. The van der Waals surface area contributed by atoms with Gasteiger partial charge in [0.25, 0.3) is 11.8 Å². The van der Waals surface area contributed by atoms with Gasteiger partial charge in [-0.15, -0.1) is 0 Å². The molecule has 1 aliphatic heterocycles. The number of hydrogen-bond donors (Lipinski definition) is 2. The number of thiocarbonyl (C=S) groups is 1. The molecule has 0 aromatic heterocycles. The molecule has 0 atom stereocenters. The van der Waals surface area contributed by atoms with Crippen LogP contribution in [0.25, 0.3) is 6.08 Å². The summed E-state index contributed by atoms with van der Waals surface area (Å²) in [5, 5.41) is 4.99. The Labute approximate surface area is 158 Å². The van der Waals surface area contributed by atoms with Gasteiger partial charge in [0.05, 0.1) is 10.6 Å². The smallest absolute Gasteiger partial charge is 0.263 e. The number of rotatable bonds is 5. The molecule has 132 valence electrons. The first-order valence-electron chi connectivity index (χ1n) is 7.53. The highest BCUT2D eigenvalue weighted by atomic mass is 32.2. The number of ether oxygens (including phenoxy) is 1. The summed E-state index contributed by atoms with van der Waals surface area (Å²) in [5.41, 5.74) is 0.906. The number of thioether (sulfide) groups is 1. The van der Waals surface area contributed by atoms with Crippen LogP contribution in [0.3, 0.4) is 0 Å². The molecule has 0 saturated carbocycles. The Kier molecular flexibility index (Phi) is 5.65. The standard InChI is InChI=1S/C18H13FN2O3S2/c19-13-3-1-2-4-14(13)20-16(22)10-24-12-7-5-11(6-8-12)9-15-17(23)21-18(25)26-15/h1-9H,10H2,(H,20,22)(H,21,23,25)/b15-9-. The molecule has 5 nitrogen and oxygen atoms in total. The van der Waals surface area contributed by atoms with E-state index < -0.39 is 11.7 Å². The quantitative estimate of drug-likeness (QED) is 0.608. The van der Waals surface area contributed by atoms with Crippen LogP contribution in [0.4, 0.5) is 10.1 Å². The van der Waals surface area contributed by atoms with E-state index in [-0.39, 0.29) is 18.2 Å². The minimum Gasteiger partial charge on any atom is -0.484 e. The highest BCUT2D eigenvalue weighted by Crippen LogP contribution is 2.26. The number of anilines is 1. The summed E-state index contributed by atoms with van der Waals surface area (Å²) < 4.78 is 19.3. The van der Waals surface area contributed by atoms with E-state index in [4.69, 9.17) is 17.0 Å². The Hall–Kier alpha value is -2.71. The summed E-state index contributed by atoms with van der Waals surface area (Å²) in [6, 6.07) is 12.8. The molecule has 2 aromatic carbocycles. The lowest BCUT2D eigenvalue weighted by Gasteiger charge is -2.08. The Morgan fingerprint density at radius 1 is 1.23 bits per heavy atom. The van der Waals surface area contributed by atoms with Crippen LogP contribution in [0.1, 0.15) is 5.56 Å². The molecule has 1 heterocycles. The Bertz CT molecular complexity index is 898. The van der Waals surface area contributed by atoms with Gasteiger partial charge in [-0.05, 0) is 35.9 Å². The van der Waals surface area contributed by atoms with Gasteiger partial charge in [-0.1, -0.05) is 48.2 Å². The van der Waals surface area contributed by atoms with Crippen LogP contribution in [0.2, 0.25) is 0 Å². The van der Waals surface area contributed by atoms with E-state index in [2.05, 4.69) is 10.6 Å². The van der Waals surface area contributed by atoms with Crippen molar-refractivity contribution in [2.24, 2.45) is 0 Å². The third kappa shape index (κ3) is 4.68. The van der Waals surface area contributed by atoms with Crippen LogP contribution >= 0.6 is 24.0 Å². The van der Waals surface area contributed by atoms with Crippen molar-refractivity contribution in [2.45, 2.75) is 0 Å². The Morgan fingerprint density at radius 2 is 1.96 bits per heavy atom. The third-order valence-corrected chi connectivity index (χ3v) is 4.50. The van der Waals surface area contributed by atoms with Crippen molar-refractivity contribution in [3.63, 3.8) is 0 Å². The predicted molar refractivity (Wildman–Crippen MR) is 103 cm³/mol. The first-order chi connectivity index (χ1) is 12.5. The van der Waals surface area contributed by atoms with Gasteiger partial charge in [0.1, 0.15) is 15.9 Å². The van der Waals surface area contributed by atoms with Crippen molar-refractivity contribution in [3.05, 3.63) is 64.8 Å². The molecule has 2 N–H and O–H groups in total. The zero-order valence-electron chi connectivity index (χ0n) is 13.3. The van der Waals surface area contributed by atoms with Crippen molar-refractivity contribution in [1.29, 1.82) is 0 Å². The zero-order chi connectivity index (χ0) is 18.5. The van der Waals surface area contributed by atoms with Gasteiger partial charge in [0.15, 0.2) is 6.61 Å². The van der Waals surface area contributed by atoms with E-state index in [1.54, 1.807) is 42.5 Å². The van der Waals surface area contributed by atoms with Gasteiger partial charge in [0.2, 0.25) is 0 Å². The van der Waals surface area contributed by atoms with E-state index in [1.807, 2.05) is 0 Å². The molecule has 2 aromatic rings. The molecule has 2 amide bonds. The Morgan fingerprint density at radius 3 is 2.62 bits per heavy atom. The van der Waals surface area contributed by atoms with Gasteiger partial charge in [-0.2, -0.15) is 0 Å². The first-order valence-corrected chi connectivity index (χ1v) is 8.76. The fourth-order valence-electron chi connectivity index (χ4n) is 2.13. The van der Waals surface area contributed by atoms with E-state index in [0.717, 1.165) is 5.56 Å². The predicted octanol–water partition coefficient (Wildman–Crippen LogP) is 3.33. The fraction of sp³-hybridized carbons (Fsp3) is 0.0556. The maximum absolute atomic E-state index is 13.5. The van der Waals surface area contributed by atoms with Gasteiger partial charge in [0, 0.05) is 0 Å². The van der Waals surface area contributed by atoms with Crippen molar-refractivity contribution >= 4 is 51.9 Å². The summed E-state index contributed by atoms with van der Waals surface area (Å²) in [5.74, 6) is -0.708. The van der Waals surface area contributed by atoms with Crippen LogP contribution in [-0.2, 0) is 9.59 Å². The van der Waals surface area contributed by atoms with E-state index in [9.17, 15) is 14.0 Å². The minimum atomic E-state index is -0.508. The molecule has 0 unspecified atom stereocenters. The van der Waals surface area contributed by atoms with Crippen molar-refractivity contribution in [1.82, 2.24) is 5.32 Å². The first kappa shape index (κ1) is 18.1. The second-order valence-electron chi connectivity index (χ2n) is 5.24. The van der Waals surface area contributed by atoms with Crippen LogP contribution in [0.5, 0.6) is 5.75 Å². The number of para-hydroxylation sites is 1. The van der Waals surface area contributed by atoms with Crippen LogP contribution < -0.4 is 15.4 Å². The van der Waals surface area contributed by atoms with E-state index in [0.29, 0.717) is 15.0 Å². The van der Waals surface area contributed by atoms with Gasteiger partial charge in [-0.25, -0.2) is 4.39 Å². The normalized spacial score (nSPS) is 15.0. The number of halogens is 1. The van der Waals surface area contributed by atoms with Crippen LogP contribution in [-0.4, -0.2) is 22.7 Å². The fourth-order valence-corrected chi connectivity index (χ4v) is 3.17. The highest BCUT2D eigenvalue weighted by molar-refractivity contribution is 8.26. The molecule has 0 spiro atoms. The monoisotopic (exact) mass is 388 g/mol. The molecule has 0 radical (unpaired) electrons. The summed E-state index contributed by atoms with van der Waals surface area (Å²) >= 11 is 6.14. The second-order valence-corrected chi connectivity index (χ2v) is 6.96. The molecule has 26 heavy (non-hydrogen) atoms. The second kappa shape index (κ2) is 8.11. The molecule has 0 bridgehead atoms. The minimum absolute atomic E-state index is 0.105. The van der Waals surface area contributed by atoms with E-state index >= 15 is 0 Å². The summed E-state index contributed by atoms with van der Waals surface area (Å²) in [7, 11) is 0. The molecule has 1 aliphatic rings. The number of benzene rings is 2. The van der Waals surface area contributed by atoms with Gasteiger partial charge in [-0.3, -0.25) is 9.59 Å². The SMILES string of the molecule is O=C(COc1ccc(/C=C2\SC(=S)NC2=O)cc1)Nc1ccccc1F. The molecular formula is C18H13FN2O3S2. The largest absolute Gasteiger partial charge is 0.484 e. The number of nitrogens with one attached hydrogen (secondary N) is 2. The molecular weight excluding hydrogens is 375 g/mol. The van der Waals surface area contributed by atoms with Crippen molar-refractivity contribution in [3.8, 4) is 5.75 Å². The van der Waals surface area contributed by atoms with Crippen molar-refractivity contribution in [2.75, 3.05) is 11.9 Å². The molecule has 1 saturated heterocycles. The molecule has 1 fully saturated rings. The average Bonchev–Trinajstić information content (AvgIpc) is 2.93. The number of carbonyl (C=O) groups excluding carboxylic acids is 2. The van der Waals surface area contributed by atoms with Gasteiger partial charge >= 0.3 is 0 Å². The topological polar surface area (TPSA) is 67.4 Å². The van der Waals surface area contributed by atoms with Crippen molar-refractivity contribution < 1.29 is 18.7 Å². The van der Waals surface area contributed by atoms with Crippen LogP contribution in [0.15, 0.2) is 53.4 Å². The highest BCUT2D eigenvalue weighted by Gasteiger charge is 2.21. The summed E-state index contributed by atoms with van der Waals surface area (Å²) in [6.45, 7) is -0.249. The summed E-state index contributed by atoms with van der Waals surface area (Å²) in [4.78, 5) is 24.0. The number of carbonyl (C=O) groups is 2. The molecule has 3 rings (SSSR count). The number of amides is 2. The van der Waals surface area contributed by atoms with Gasteiger partial charge < -0.3 is 15.4 Å². The third-order valence-electron chi connectivity index (χ3n) is 3.34. The maximum Gasteiger partial charge on any atom is 0.263 e.